The van der Waals surface area contributed by atoms with Crippen LogP contribution in [0.3, 0.4) is 0 Å². The highest BCUT2D eigenvalue weighted by atomic mass is 16.1. The smallest absolute Gasteiger partial charge is 0.253 e. The Morgan fingerprint density at radius 3 is 2.78 bits per heavy atom. The van der Waals surface area contributed by atoms with Crippen molar-refractivity contribution < 1.29 is 7.65 Å². The van der Waals surface area contributed by atoms with Crippen LogP contribution in [0.5, 0.6) is 0 Å². The molecule has 0 aliphatic heterocycles. The predicted molar refractivity (Wildman–Crippen MR) is 153 cm³/mol. The van der Waals surface area contributed by atoms with Gasteiger partial charge in [0.25, 0.3) is 5.91 Å². The molecule has 1 amide bonds. The fraction of sp³-hybridized carbons (Fsp3) is 0.452. The van der Waals surface area contributed by atoms with Gasteiger partial charge in [-0.25, -0.2) is 0 Å². The first kappa shape index (κ1) is 27.0. The van der Waals surface area contributed by atoms with E-state index in [0.29, 0.717) is 24.2 Å². The highest BCUT2D eigenvalue weighted by Gasteiger charge is 2.31. The first-order valence-corrected chi connectivity index (χ1v) is 13.7. The van der Waals surface area contributed by atoms with Gasteiger partial charge in [0.05, 0.1) is 23.0 Å². The number of aromatic nitrogens is 2. The third kappa shape index (κ3) is 6.62. The molecule has 0 saturated heterocycles. The molecule has 6 nitrogen and oxygen atoms in total. The van der Waals surface area contributed by atoms with Crippen molar-refractivity contribution in [1.82, 2.24) is 20.2 Å². The van der Waals surface area contributed by atoms with E-state index in [1.807, 2.05) is 26.1 Å². The van der Waals surface area contributed by atoms with Crippen molar-refractivity contribution in [1.29, 1.82) is 0 Å². The van der Waals surface area contributed by atoms with Crippen LogP contribution in [-0.4, -0.2) is 33.4 Å². The van der Waals surface area contributed by atoms with Crippen LogP contribution in [0.25, 0.3) is 0 Å². The number of nitrogens with zero attached hydrogens (tertiary/aromatic N) is 3. The van der Waals surface area contributed by atoms with E-state index in [2.05, 4.69) is 58.5 Å². The van der Waals surface area contributed by atoms with Crippen LogP contribution in [0, 0.1) is 13.8 Å². The Morgan fingerprint density at radius 2 is 2.00 bits per heavy atom. The molecule has 4 rings (SSSR count). The van der Waals surface area contributed by atoms with Crippen LogP contribution >= 0.6 is 0 Å². The van der Waals surface area contributed by atoms with Crippen LogP contribution in [-0.2, 0) is 19.5 Å². The van der Waals surface area contributed by atoms with Gasteiger partial charge in [-0.2, -0.15) is 0 Å². The maximum atomic E-state index is 12.9. The van der Waals surface area contributed by atoms with E-state index in [4.69, 9.17) is 10.7 Å². The van der Waals surface area contributed by atoms with Gasteiger partial charge in [0.2, 0.25) is 0 Å². The van der Waals surface area contributed by atoms with E-state index in [-0.39, 0.29) is 8.76 Å². The Balaban J connectivity index is 0.00000267. The maximum Gasteiger partial charge on any atom is 0.253 e. The van der Waals surface area contributed by atoms with E-state index < -0.39 is 0 Å². The quantitative estimate of drug-likeness (QED) is 0.340. The summed E-state index contributed by atoms with van der Waals surface area (Å²) in [6.07, 6.45) is 10.3. The van der Waals surface area contributed by atoms with Crippen molar-refractivity contribution in [3.63, 3.8) is 0 Å². The second kappa shape index (κ2) is 12.9. The number of benzene rings is 1. The zero-order chi connectivity index (χ0) is 26.2. The summed E-state index contributed by atoms with van der Waals surface area (Å²) in [6.45, 7) is 8.17. The van der Waals surface area contributed by atoms with Gasteiger partial charge in [-0.15, -0.1) is 0 Å². The summed E-state index contributed by atoms with van der Waals surface area (Å²) in [7, 11) is 0. The number of hydrogen-bond acceptors (Lipinski definition) is 5. The number of nitrogens with one attached hydrogen (secondary N) is 1. The van der Waals surface area contributed by atoms with Crippen molar-refractivity contribution in [3.05, 3.63) is 94.1 Å². The van der Waals surface area contributed by atoms with Crippen molar-refractivity contribution >= 4 is 5.91 Å². The average Bonchev–Trinajstić information content (AvgIpc) is 2.91. The molecule has 1 aromatic carbocycles. The molecule has 3 aromatic rings. The van der Waals surface area contributed by atoms with Crippen molar-refractivity contribution in [2.24, 2.45) is 5.73 Å². The lowest BCUT2D eigenvalue weighted by molar-refractivity contribution is 0.0948. The standard InChI is InChI=1S/C31H41N5O.2H2/c1-4-27(13-7-16-32)36(28-14-6-11-26-12-8-17-34-30(26)28)21-25-10-5-9-24(19-25)20-35-31(37)29-22(2)15-18-33-23(29)3;;/h5,8-10,12,15,17-19,27-28H,4,6-7,11,13-14,16,20-21,32H2,1-3H3,(H,35,37);2*1H. The van der Waals surface area contributed by atoms with Gasteiger partial charge in [-0.1, -0.05) is 37.3 Å². The van der Waals surface area contributed by atoms with Crippen molar-refractivity contribution in [2.45, 2.75) is 84.5 Å². The Hall–Kier alpha value is -3.09. The first-order valence-electron chi connectivity index (χ1n) is 13.7. The van der Waals surface area contributed by atoms with Crippen LogP contribution in [0.4, 0.5) is 0 Å². The van der Waals surface area contributed by atoms with E-state index in [0.717, 1.165) is 62.0 Å². The first-order chi connectivity index (χ1) is 18.0. The number of nitrogens with two attached hydrogens (primary N) is 1. The minimum absolute atomic E-state index is 0. The number of pyridine rings is 2. The fourth-order valence-corrected chi connectivity index (χ4v) is 5.72. The molecule has 37 heavy (non-hydrogen) atoms. The summed E-state index contributed by atoms with van der Waals surface area (Å²) in [4.78, 5) is 24.7. The van der Waals surface area contributed by atoms with Crippen molar-refractivity contribution in [3.8, 4) is 0 Å². The number of rotatable bonds is 11. The molecule has 3 N–H and O–H groups in total. The summed E-state index contributed by atoms with van der Waals surface area (Å²) in [6, 6.07) is 15.5. The van der Waals surface area contributed by atoms with Crippen molar-refractivity contribution in [2.75, 3.05) is 6.54 Å². The zero-order valence-electron chi connectivity index (χ0n) is 22.5. The van der Waals surface area contributed by atoms with Gasteiger partial charge < -0.3 is 11.1 Å². The molecule has 6 heteroatoms. The fourth-order valence-electron chi connectivity index (χ4n) is 5.72. The summed E-state index contributed by atoms with van der Waals surface area (Å²) in [5, 5.41) is 3.10. The van der Waals surface area contributed by atoms with Crippen LogP contribution in [0.1, 0.15) is 91.9 Å². The number of aryl methyl sites for hydroxylation is 3. The lowest BCUT2D eigenvalue weighted by Crippen LogP contribution is -2.40. The normalized spacial score (nSPS) is 15.9. The molecule has 1 aliphatic rings. The minimum Gasteiger partial charge on any atom is -0.348 e. The molecule has 2 atom stereocenters. The van der Waals surface area contributed by atoms with Crippen LogP contribution in [0.2, 0.25) is 0 Å². The lowest BCUT2D eigenvalue weighted by Gasteiger charge is -2.40. The maximum absolute atomic E-state index is 12.9. The lowest BCUT2D eigenvalue weighted by atomic mass is 9.88. The van der Waals surface area contributed by atoms with Gasteiger partial charge in [-0.3, -0.25) is 19.7 Å². The molecule has 0 bridgehead atoms. The predicted octanol–water partition coefficient (Wildman–Crippen LogP) is 5.91. The molecule has 0 radical (unpaired) electrons. The number of amides is 1. The van der Waals surface area contributed by atoms with Crippen LogP contribution < -0.4 is 11.1 Å². The van der Waals surface area contributed by atoms with E-state index in [1.165, 1.54) is 23.2 Å². The molecule has 2 unspecified atom stereocenters. The Kier molecular flexibility index (Phi) is 9.42. The zero-order valence-corrected chi connectivity index (χ0v) is 22.5. The SMILES string of the molecule is CCC(CCCN)N(Cc1cccc(CNC(=O)c2c(C)ccnc2C)c1)C1CCCc2cccnc21.[HH].[HH]. The van der Waals surface area contributed by atoms with E-state index in [1.54, 1.807) is 6.20 Å². The third-order valence-electron chi connectivity index (χ3n) is 7.63. The van der Waals surface area contributed by atoms with Gasteiger partial charge in [-0.05, 0) is 93.3 Å². The monoisotopic (exact) mass is 503 g/mol. The third-order valence-corrected chi connectivity index (χ3v) is 7.63. The second-order valence-corrected chi connectivity index (χ2v) is 10.2. The summed E-state index contributed by atoms with van der Waals surface area (Å²) >= 11 is 0. The molecular weight excluding hydrogens is 458 g/mol. The molecule has 0 fully saturated rings. The van der Waals surface area contributed by atoms with Gasteiger partial charge in [0.1, 0.15) is 0 Å². The Bertz CT molecular complexity index is 1180. The summed E-state index contributed by atoms with van der Waals surface area (Å²) < 4.78 is 0. The highest BCUT2D eigenvalue weighted by Crippen LogP contribution is 2.36. The molecule has 1 aliphatic carbocycles. The largest absolute Gasteiger partial charge is 0.348 e. The van der Waals surface area contributed by atoms with Gasteiger partial charge >= 0.3 is 0 Å². The van der Waals surface area contributed by atoms with Crippen LogP contribution in [0.15, 0.2) is 54.9 Å². The Morgan fingerprint density at radius 1 is 1.16 bits per heavy atom. The molecular formula is C31H45N5O. The van der Waals surface area contributed by atoms with Gasteiger partial charge in [0.15, 0.2) is 0 Å². The van der Waals surface area contributed by atoms with Gasteiger partial charge in [0, 0.05) is 34.4 Å². The summed E-state index contributed by atoms with van der Waals surface area (Å²) in [5.41, 5.74) is 13.3. The number of carbonyl (C=O) groups is 1. The summed E-state index contributed by atoms with van der Waals surface area (Å²) in [5.74, 6) is -0.0761. The molecule has 200 valence electrons. The number of hydrogen-bond donors (Lipinski definition) is 2. The topological polar surface area (TPSA) is 84.1 Å². The van der Waals surface area contributed by atoms with E-state index in [9.17, 15) is 4.79 Å². The minimum atomic E-state index is -0.0761. The molecule has 0 spiro atoms. The molecule has 2 aromatic heterocycles. The average molecular weight is 504 g/mol. The highest BCUT2D eigenvalue weighted by molar-refractivity contribution is 5.96. The second-order valence-electron chi connectivity index (χ2n) is 10.2. The van der Waals surface area contributed by atoms with E-state index >= 15 is 0 Å². The molecule has 0 saturated carbocycles. The Labute approximate surface area is 224 Å². The molecule has 2 heterocycles. The number of fused-ring (bicyclic) bond motifs is 1. The number of carbonyl (C=O) groups excluding carboxylic acids is 1.